The zero-order valence-electron chi connectivity index (χ0n) is 15.6. The Hall–Kier alpha value is -3.07. The number of esters is 1. The van der Waals surface area contributed by atoms with E-state index in [0.29, 0.717) is 17.1 Å². The summed E-state index contributed by atoms with van der Waals surface area (Å²) in [5.74, 6) is -0.716. The molecule has 2 heterocycles. The topological polar surface area (TPSA) is 103 Å². The fraction of sp³-hybridized carbons (Fsp3) is 0.350. The van der Waals surface area contributed by atoms with Gasteiger partial charge in [0.15, 0.2) is 18.1 Å². The predicted octanol–water partition coefficient (Wildman–Crippen LogP) is 1.77. The van der Waals surface area contributed by atoms with Crippen LogP contribution in [-0.4, -0.2) is 37.1 Å². The molecule has 152 valence electrons. The molecule has 2 N–H and O–H groups in total. The van der Waals surface area contributed by atoms with E-state index in [1.54, 1.807) is 41.0 Å². The Morgan fingerprint density at radius 3 is 2.76 bits per heavy atom. The van der Waals surface area contributed by atoms with Gasteiger partial charge < -0.3 is 14.2 Å². The van der Waals surface area contributed by atoms with E-state index in [-0.39, 0.29) is 6.61 Å². The van der Waals surface area contributed by atoms with Gasteiger partial charge in [-0.2, -0.15) is 0 Å². The van der Waals surface area contributed by atoms with Crippen LogP contribution in [0, 0.1) is 0 Å². The highest BCUT2D eigenvalue weighted by Gasteiger charge is 2.27. The molecule has 0 unspecified atom stereocenters. The SMILES string of the molecule is O=C(COC(=O)c1csc2c1CCCC2)NNC(=O)[C@@H]1COc2ccccc2O1. The number of benzene rings is 1. The monoisotopic (exact) mass is 416 g/mol. The number of amides is 2. The van der Waals surface area contributed by atoms with Gasteiger partial charge in [0, 0.05) is 10.3 Å². The van der Waals surface area contributed by atoms with Crippen molar-refractivity contribution in [3.8, 4) is 11.5 Å². The molecule has 0 spiro atoms. The highest BCUT2D eigenvalue weighted by molar-refractivity contribution is 7.10. The van der Waals surface area contributed by atoms with E-state index in [2.05, 4.69) is 10.9 Å². The molecule has 29 heavy (non-hydrogen) atoms. The minimum Gasteiger partial charge on any atom is -0.485 e. The van der Waals surface area contributed by atoms with Gasteiger partial charge in [-0.1, -0.05) is 12.1 Å². The molecule has 1 aromatic carbocycles. The molecule has 1 atom stereocenters. The van der Waals surface area contributed by atoms with Crippen LogP contribution in [0.3, 0.4) is 0 Å². The molecular formula is C20H20N2O6S. The second kappa shape index (κ2) is 8.52. The molecule has 4 rings (SSSR count). The van der Waals surface area contributed by atoms with Crippen molar-refractivity contribution >= 4 is 29.1 Å². The zero-order valence-corrected chi connectivity index (χ0v) is 16.4. The Labute approximate surface area is 171 Å². The highest BCUT2D eigenvalue weighted by Crippen LogP contribution is 2.31. The molecule has 9 heteroatoms. The van der Waals surface area contributed by atoms with Crippen molar-refractivity contribution in [3.63, 3.8) is 0 Å². The first-order chi connectivity index (χ1) is 14.1. The minimum atomic E-state index is -0.898. The molecule has 0 fully saturated rings. The number of carbonyl (C=O) groups excluding carboxylic acids is 3. The summed E-state index contributed by atoms with van der Waals surface area (Å²) < 4.78 is 16.1. The van der Waals surface area contributed by atoms with E-state index >= 15 is 0 Å². The molecule has 1 aliphatic carbocycles. The minimum absolute atomic E-state index is 0.0248. The van der Waals surface area contributed by atoms with Gasteiger partial charge in [-0.15, -0.1) is 11.3 Å². The maximum atomic E-state index is 12.3. The maximum Gasteiger partial charge on any atom is 0.339 e. The number of aryl methyl sites for hydroxylation is 1. The zero-order chi connectivity index (χ0) is 20.2. The van der Waals surface area contributed by atoms with Crippen molar-refractivity contribution < 1.29 is 28.6 Å². The number of fused-ring (bicyclic) bond motifs is 2. The molecule has 1 aliphatic heterocycles. The Bertz CT molecular complexity index is 941. The lowest BCUT2D eigenvalue weighted by Crippen LogP contribution is -2.51. The molecule has 2 aromatic rings. The van der Waals surface area contributed by atoms with Gasteiger partial charge in [0.05, 0.1) is 5.56 Å². The summed E-state index contributed by atoms with van der Waals surface area (Å²) in [5, 5.41) is 1.79. The number of thiophene rings is 1. The van der Waals surface area contributed by atoms with Crippen LogP contribution in [0.5, 0.6) is 11.5 Å². The third kappa shape index (κ3) is 4.34. The van der Waals surface area contributed by atoms with Crippen molar-refractivity contribution in [1.29, 1.82) is 0 Å². The van der Waals surface area contributed by atoms with Gasteiger partial charge in [-0.05, 0) is 43.4 Å². The lowest BCUT2D eigenvalue weighted by atomic mass is 9.96. The van der Waals surface area contributed by atoms with Crippen LogP contribution in [0.4, 0.5) is 0 Å². The van der Waals surface area contributed by atoms with E-state index in [1.165, 1.54) is 4.88 Å². The number of hydrogen-bond acceptors (Lipinski definition) is 7. The predicted molar refractivity (Wildman–Crippen MR) is 104 cm³/mol. The first-order valence-electron chi connectivity index (χ1n) is 9.35. The van der Waals surface area contributed by atoms with Crippen LogP contribution in [-0.2, 0) is 27.2 Å². The summed E-state index contributed by atoms with van der Waals surface area (Å²) in [6, 6.07) is 7.00. The third-order valence-electron chi connectivity index (χ3n) is 4.74. The van der Waals surface area contributed by atoms with Gasteiger partial charge in [0.1, 0.15) is 6.61 Å². The number of rotatable bonds is 4. The summed E-state index contributed by atoms with van der Waals surface area (Å²) in [6.07, 6.45) is 3.12. The molecule has 2 amide bonds. The first kappa shape index (κ1) is 19.3. The number of ether oxygens (including phenoxy) is 3. The molecule has 0 bridgehead atoms. The number of hydrogen-bond donors (Lipinski definition) is 2. The number of para-hydroxylation sites is 2. The maximum absolute atomic E-state index is 12.3. The summed E-state index contributed by atoms with van der Waals surface area (Å²) in [6.45, 7) is -0.467. The molecule has 2 aliphatic rings. The van der Waals surface area contributed by atoms with E-state index in [1.807, 2.05) is 0 Å². The normalized spacial score (nSPS) is 17.0. The van der Waals surface area contributed by atoms with Gasteiger partial charge in [-0.3, -0.25) is 20.4 Å². The number of nitrogens with one attached hydrogen (secondary N) is 2. The van der Waals surface area contributed by atoms with Crippen LogP contribution in [0.2, 0.25) is 0 Å². The van der Waals surface area contributed by atoms with E-state index in [9.17, 15) is 14.4 Å². The Morgan fingerprint density at radius 1 is 1.10 bits per heavy atom. The van der Waals surface area contributed by atoms with Crippen LogP contribution < -0.4 is 20.3 Å². The van der Waals surface area contributed by atoms with Crippen LogP contribution >= 0.6 is 11.3 Å². The quantitative estimate of drug-likeness (QED) is 0.582. The summed E-state index contributed by atoms with van der Waals surface area (Å²) in [5.41, 5.74) is 6.05. The Kier molecular flexibility index (Phi) is 5.66. The molecule has 1 aromatic heterocycles. The molecule has 0 saturated heterocycles. The Balaban J connectivity index is 1.23. The fourth-order valence-electron chi connectivity index (χ4n) is 3.27. The van der Waals surface area contributed by atoms with Gasteiger partial charge in [0.25, 0.3) is 11.8 Å². The van der Waals surface area contributed by atoms with E-state index in [4.69, 9.17) is 14.2 Å². The molecule has 0 saturated carbocycles. The second-order valence-electron chi connectivity index (χ2n) is 6.74. The van der Waals surface area contributed by atoms with Crippen LogP contribution in [0.1, 0.15) is 33.6 Å². The van der Waals surface area contributed by atoms with E-state index in [0.717, 1.165) is 31.2 Å². The van der Waals surface area contributed by atoms with E-state index < -0.39 is 30.5 Å². The van der Waals surface area contributed by atoms with Gasteiger partial charge in [-0.25, -0.2) is 4.79 Å². The third-order valence-corrected chi connectivity index (χ3v) is 5.83. The second-order valence-corrected chi connectivity index (χ2v) is 7.70. The largest absolute Gasteiger partial charge is 0.485 e. The van der Waals surface area contributed by atoms with Crippen LogP contribution in [0.25, 0.3) is 0 Å². The van der Waals surface area contributed by atoms with Gasteiger partial charge >= 0.3 is 5.97 Å². The van der Waals surface area contributed by atoms with Crippen LogP contribution in [0.15, 0.2) is 29.6 Å². The van der Waals surface area contributed by atoms with Crippen molar-refractivity contribution in [3.05, 3.63) is 45.6 Å². The summed E-state index contributed by atoms with van der Waals surface area (Å²) >= 11 is 1.56. The molecule has 8 nitrogen and oxygen atoms in total. The smallest absolute Gasteiger partial charge is 0.339 e. The average molecular weight is 416 g/mol. The lowest BCUT2D eigenvalue weighted by molar-refractivity contribution is -0.135. The molecule has 0 radical (unpaired) electrons. The number of carbonyl (C=O) groups is 3. The highest BCUT2D eigenvalue weighted by atomic mass is 32.1. The summed E-state index contributed by atoms with van der Waals surface area (Å²) in [4.78, 5) is 37.6. The number of hydrazine groups is 1. The Morgan fingerprint density at radius 2 is 1.90 bits per heavy atom. The average Bonchev–Trinajstić information content (AvgIpc) is 3.19. The van der Waals surface area contributed by atoms with Crippen molar-refractivity contribution in [2.45, 2.75) is 31.8 Å². The first-order valence-corrected chi connectivity index (χ1v) is 10.2. The lowest BCUT2D eigenvalue weighted by Gasteiger charge is -2.25. The standard InChI is InChI=1S/C20H20N2O6S/c23-18(10-27-20(25)13-11-29-17-8-4-1-5-12(13)17)21-22-19(24)16-9-26-14-6-2-3-7-15(14)28-16/h2-3,6-7,11,16H,1,4-5,8-10H2,(H,21,23)(H,22,24)/t16-/m0/s1. The molecular weight excluding hydrogens is 396 g/mol. The fourth-order valence-corrected chi connectivity index (χ4v) is 4.39. The van der Waals surface area contributed by atoms with Crippen molar-refractivity contribution in [2.75, 3.05) is 13.2 Å². The van der Waals surface area contributed by atoms with Crippen molar-refractivity contribution in [1.82, 2.24) is 10.9 Å². The summed E-state index contributed by atoms with van der Waals surface area (Å²) in [7, 11) is 0. The van der Waals surface area contributed by atoms with Crippen molar-refractivity contribution in [2.24, 2.45) is 0 Å². The van der Waals surface area contributed by atoms with Gasteiger partial charge in [0.2, 0.25) is 6.10 Å².